The lowest BCUT2D eigenvalue weighted by Gasteiger charge is -2.31. The predicted molar refractivity (Wildman–Crippen MR) is 128 cm³/mol. The number of nitrogens with zero attached hydrogens (tertiary/aromatic N) is 1. The molecule has 4 rings (SSSR count). The van der Waals surface area contributed by atoms with Crippen molar-refractivity contribution in [1.29, 1.82) is 0 Å². The summed E-state index contributed by atoms with van der Waals surface area (Å²) in [5.74, 6) is -0.140. The molecule has 0 spiro atoms. The van der Waals surface area contributed by atoms with Crippen molar-refractivity contribution in [1.82, 2.24) is 4.90 Å². The number of benzene rings is 1. The van der Waals surface area contributed by atoms with Gasteiger partial charge < -0.3 is 9.84 Å². The SMILES string of the molecule is CCCN1C(=O)[C@@H]2[C@@H](CC(CC)=C3[C@@H](CC/C(C)=C/c4cc(Br)ccc4O)OC[C@@H]32)C1=O. The van der Waals surface area contributed by atoms with Gasteiger partial charge in [-0.2, -0.15) is 0 Å². The molecule has 2 heterocycles. The van der Waals surface area contributed by atoms with Crippen molar-refractivity contribution in [3.05, 3.63) is 45.0 Å². The van der Waals surface area contributed by atoms with Gasteiger partial charge in [-0.3, -0.25) is 14.5 Å². The zero-order valence-electron chi connectivity index (χ0n) is 19.1. The molecule has 0 saturated carbocycles. The molecule has 172 valence electrons. The summed E-state index contributed by atoms with van der Waals surface area (Å²) < 4.78 is 7.17. The Kier molecular flexibility index (Phi) is 6.91. The van der Waals surface area contributed by atoms with Crippen LogP contribution in [0.3, 0.4) is 0 Å². The van der Waals surface area contributed by atoms with Crippen LogP contribution in [0.15, 0.2) is 39.4 Å². The van der Waals surface area contributed by atoms with Crippen LogP contribution in [-0.2, 0) is 14.3 Å². The Bertz CT molecular complexity index is 982. The number of fused-ring (bicyclic) bond motifs is 3. The number of hydrogen-bond donors (Lipinski definition) is 1. The highest BCUT2D eigenvalue weighted by atomic mass is 79.9. The first-order valence-corrected chi connectivity index (χ1v) is 12.5. The summed E-state index contributed by atoms with van der Waals surface area (Å²) in [5.41, 5.74) is 4.55. The molecule has 1 aromatic carbocycles. The first-order valence-electron chi connectivity index (χ1n) is 11.7. The van der Waals surface area contributed by atoms with Crippen LogP contribution in [0.5, 0.6) is 5.75 Å². The number of carbonyl (C=O) groups excluding carboxylic acids is 2. The molecule has 0 bridgehead atoms. The van der Waals surface area contributed by atoms with Gasteiger partial charge in [-0.1, -0.05) is 47.0 Å². The predicted octanol–water partition coefficient (Wildman–Crippen LogP) is 5.47. The summed E-state index contributed by atoms with van der Waals surface area (Å²) in [7, 11) is 0. The van der Waals surface area contributed by atoms with Crippen LogP contribution < -0.4 is 0 Å². The number of likely N-dealkylation sites (tertiary alicyclic amines) is 1. The lowest BCUT2D eigenvalue weighted by molar-refractivity contribution is -0.140. The molecule has 32 heavy (non-hydrogen) atoms. The van der Waals surface area contributed by atoms with E-state index in [1.165, 1.54) is 21.6 Å². The fourth-order valence-electron chi connectivity index (χ4n) is 5.66. The summed E-state index contributed by atoms with van der Waals surface area (Å²) in [6.07, 6.45) is 6.07. The number of carbonyl (C=O) groups is 2. The van der Waals surface area contributed by atoms with Crippen molar-refractivity contribution in [3.63, 3.8) is 0 Å². The van der Waals surface area contributed by atoms with E-state index in [2.05, 4.69) is 29.8 Å². The maximum Gasteiger partial charge on any atom is 0.233 e. The molecule has 1 N–H and O–H groups in total. The van der Waals surface area contributed by atoms with Crippen LogP contribution in [-0.4, -0.2) is 41.1 Å². The summed E-state index contributed by atoms with van der Waals surface area (Å²) in [5, 5.41) is 10.1. The van der Waals surface area contributed by atoms with Crippen LogP contribution in [0, 0.1) is 17.8 Å². The van der Waals surface area contributed by atoms with E-state index in [4.69, 9.17) is 4.74 Å². The van der Waals surface area contributed by atoms with E-state index in [0.29, 0.717) is 19.6 Å². The van der Waals surface area contributed by atoms with Gasteiger partial charge in [0.1, 0.15) is 5.75 Å². The third-order valence-electron chi connectivity index (χ3n) is 7.17. The standard InChI is InChI=1S/C26H32BrNO4/c1-4-10-28-25(30)19-13-16(5-2)23-20(24(19)26(28)31)14-32-22(23)9-6-15(3)11-17-12-18(27)7-8-21(17)29/h7-8,11-12,19-20,22,24,29H,4-6,9-10,13-14H2,1-3H3/b15-11+/t19-,20+,22-,24-/m1/s1. The van der Waals surface area contributed by atoms with Crippen LogP contribution >= 0.6 is 15.9 Å². The Hall–Kier alpha value is -1.92. The second-order valence-electron chi connectivity index (χ2n) is 9.24. The third-order valence-corrected chi connectivity index (χ3v) is 7.66. The van der Waals surface area contributed by atoms with Gasteiger partial charge in [-0.15, -0.1) is 0 Å². The van der Waals surface area contributed by atoms with E-state index in [0.717, 1.165) is 35.7 Å². The van der Waals surface area contributed by atoms with Gasteiger partial charge in [0.05, 0.1) is 24.5 Å². The number of aromatic hydroxyl groups is 1. The topological polar surface area (TPSA) is 66.8 Å². The third kappa shape index (κ3) is 4.19. The van der Waals surface area contributed by atoms with Gasteiger partial charge in [0.25, 0.3) is 0 Å². The number of rotatable bonds is 7. The first kappa shape index (κ1) is 23.2. The van der Waals surface area contributed by atoms with Crippen molar-refractivity contribution in [2.75, 3.05) is 13.2 Å². The number of imide groups is 1. The van der Waals surface area contributed by atoms with E-state index in [1.54, 1.807) is 6.07 Å². The van der Waals surface area contributed by atoms with E-state index in [9.17, 15) is 14.7 Å². The lowest BCUT2D eigenvalue weighted by atomic mass is 9.69. The number of amides is 2. The zero-order chi connectivity index (χ0) is 23.0. The Morgan fingerprint density at radius 3 is 2.75 bits per heavy atom. The number of hydrogen-bond acceptors (Lipinski definition) is 4. The number of halogens is 1. The summed E-state index contributed by atoms with van der Waals surface area (Å²) >= 11 is 3.46. The Morgan fingerprint density at radius 2 is 2.03 bits per heavy atom. The summed E-state index contributed by atoms with van der Waals surface area (Å²) in [6, 6.07) is 5.41. The molecule has 2 amide bonds. The Morgan fingerprint density at radius 1 is 1.25 bits per heavy atom. The van der Waals surface area contributed by atoms with Gasteiger partial charge in [-0.05, 0) is 62.8 Å². The smallest absolute Gasteiger partial charge is 0.233 e. The molecule has 1 aliphatic carbocycles. The van der Waals surface area contributed by atoms with Crippen molar-refractivity contribution < 1.29 is 19.4 Å². The molecular formula is C26H32BrNO4. The van der Waals surface area contributed by atoms with E-state index >= 15 is 0 Å². The molecule has 0 radical (unpaired) electrons. The van der Waals surface area contributed by atoms with Gasteiger partial charge in [0, 0.05) is 22.5 Å². The lowest BCUT2D eigenvalue weighted by Crippen LogP contribution is -2.34. The zero-order valence-corrected chi connectivity index (χ0v) is 20.7. The molecule has 5 nitrogen and oxygen atoms in total. The van der Waals surface area contributed by atoms with Crippen LogP contribution in [0.2, 0.25) is 0 Å². The maximum atomic E-state index is 13.1. The second-order valence-corrected chi connectivity index (χ2v) is 10.2. The molecule has 1 aromatic rings. The molecule has 0 aromatic heterocycles. The van der Waals surface area contributed by atoms with Crippen molar-refractivity contribution in [2.24, 2.45) is 17.8 Å². The Labute approximate surface area is 198 Å². The molecule has 2 saturated heterocycles. The molecule has 3 aliphatic rings. The second kappa shape index (κ2) is 9.52. The number of allylic oxidation sites excluding steroid dienone is 2. The van der Waals surface area contributed by atoms with Crippen LogP contribution in [0.4, 0.5) is 0 Å². The fraction of sp³-hybridized carbons (Fsp3) is 0.538. The van der Waals surface area contributed by atoms with Gasteiger partial charge >= 0.3 is 0 Å². The normalized spacial score (nSPS) is 27.9. The average Bonchev–Trinajstić information content (AvgIpc) is 3.29. The molecule has 2 fully saturated rings. The quantitative estimate of drug-likeness (QED) is 0.397. The van der Waals surface area contributed by atoms with Gasteiger partial charge in [-0.25, -0.2) is 0 Å². The fourth-order valence-corrected chi connectivity index (χ4v) is 6.04. The van der Waals surface area contributed by atoms with E-state index in [-0.39, 0.29) is 41.4 Å². The number of phenols is 1. The molecule has 6 heteroatoms. The van der Waals surface area contributed by atoms with E-state index < -0.39 is 0 Å². The minimum Gasteiger partial charge on any atom is -0.507 e. The Balaban J connectivity index is 1.51. The van der Waals surface area contributed by atoms with Gasteiger partial charge in [0.15, 0.2) is 0 Å². The van der Waals surface area contributed by atoms with Crippen LogP contribution in [0.1, 0.15) is 58.4 Å². The monoisotopic (exact) mass is 501 g/mol. The van der Waals surface area contributed by atoms with Gasteiger partial charge in [0.2, 0.25) is 11.8 Å². The minimum atomic E-state index is -0.250. The number of ether oxygens (including phenoxy) is 1. The van der Waals surface area contributed by atoms with Crippen molar-refractivity contribution >= 4 is 33.8 Å². The average molecular weight is 502 g/mol. The molecule has 4 atom stereocenters. The van der Waals surface area contributed by atoms with Crippen LogP contribution in [0.25, 0.3) is 6.08 Å². The summed E-state index contributed by atoms with van der Waals surface area (Å²) in [6.45, 7) is 7.26. The summed E-state index contributed by atoms with van der Waals surface area (Å²) in [4.78, 5) is 27.5. The molecular weight excluding hydrogens is 470 g/mol. The minimum absolute atomic E-state index is 0.00140. The largest absolute Gasteiger partial charge is 0.507 e. The maximum absolute atomic E-state index is 13.1. The van der Waals surface area contributed by atoms with E-state index in [1.807, 2.05) is 25.1 Å². The molecule has 2 aliphatic heterocycles. The number of phenolic OH excluding ortho intramolecular Hbond substituents is 1. The van der Waals surface area contributed by atoms with Crippen molar-refractivity contribution in [2.45, 2.75) is 59.0 Å². The molecule has 0 unspecified atom stereocenters. The highest BCUT2D eigenvalue weighted by molar-refractivity contribution is 9.10. The highest BCUT2D eigenvalue weighted by Crippen LogP contribution is 2.50. The first-order chi connectivity index (χ1) is 15.3. The van der Waals surface area contributed by atoms with Crippen molar-refractivity contribution in [3.8, 4) is 5.75 Å². The highest BCUT2D eigenvalue weighted by Gasteiger charge is 2.56.